The lowest BCUT2D eigenvalue weighted by Crippen LogP contribution is -2.45. The SMILES string of the molecule is CCCNCCC=CC1CCOC2(CCC2)C1. The molecule has 1 saturated carbocycles. The van der Waals surface area contributed by atoms with Gasteiger partial charge in [0.05, 0.1) is 5.60 Å². The number of allylic oxidation sites excluding steroid dienone is 1. The van der Waals surface area contributed by atoms with Crippen LogP contribution in [0.5, 0.6) is 0 Å². The zero-order chi connectivity index (χ0) is 12.0. The third-order valence-electron chi connectivity index (χ3n) is 4.12. The van der Waals surface area contributed by atoms with Crippen LogP contribution in [0, 0.1) is 5.92 Å². The highest BCUT2D eigenvalue weighted by atomic mass is 16.5. The minimum absolute atomic E-state index is 0.299. The van der Waals surface area contributed by atoms with Gasteiger partial charge in [0, 0.05) is 6.61 Å². The Morgan fingerprint density at radius 3 is 2.94 bits per heavy atom. The number of hydrogen-bond acceptors (Lipinski definition) is 2. The average Bonchev–Trinajstić information content (AvgIpc) is 2.32. The molecule has 0 aromatic rings. The van der Waals surface area contributed by atoms with E-state index < -0.39 is 0 Å². The molecule has 1 aliphatic heterocycles. The van der Waals surface area contributed by atoms with Crippen LogP contribution in [0.25, 0.3) is 0 Å². The van der Waals surface area contributed by atoms with Crippen LogP contribution < -0.4 is 5.32 Å². The second-order valence-corrected chi connectivity index (χ2v) is 5.60. The van der Waals surface area contributed by atoms with Crippen molar-refractivity contribution in [3.8, 4) is 0 Å². The Morgan fingerprint density at radius 2 is 2.24 bits per heavy atom. The number of nitrogens with one attached hydrogen (secondary N) is 1. The zero-order valence-corrected chi connectivity index (χ0v) is 11.2. The molecule has 1 saturated heterocycles. The van der Waals surface area contributed by atoms with E-state index in [4.69, 9.17) is 4.74 Å². The summed E-state index contributed by atoms with van der Waals surface area (Å²) < 4.78 is 5.94. The monoisotopic (exact) mass is 237 g/mol. The lowest BCUT2D eigenvalue weighted by Gasteiger charge is -2.46. The molecule has 1 heterocycles. The van der Waals surface area contributed by atoms with Gasteiger partial charge in [-0.05, 0) is 64.0 Å². The summed E-state index contributed by atoms with van der Waals surface area (Å²) in [4.78, 5) is 0. The summed E-state index contributed by atoms with van der Waals surface area (Å²) in [6, 6.07) is 0. The van der Waals surface area contributed by atoms with E-state index in [-0.39, 0.29) is 0 Å². The Balaban J connectivity index is 1.62. The van der Waals surface area contributed by atoms with Crippen LogP contribution >= 0.6 is 0 Å². The molecule has 2 nitrogen and oxygen atoms in total. The fourth-order valence-corrected chi connectivity index (χ4v) is 2.93. The molecule has 1 unspecified atom stereocenters. The first-order valence-corrected chi connectivity index (χ1v) is 7.36. The van der Waals surface area contributed by atoms with Crippen molar-refractivity contribution in [2.24, 2.45) is 5.92 Å². The van der Waals surface area contributed by atoms with Crippen molar-refractivity contribution in [3.63, 3.8) is 0 Å². The second kappa shape index (κ2) is 6.55. The van der Waals surface area contributed by atoms with Gasteiger partial charge in [0.1, 0.15) is 0 Å². The van der Waals surface area contributed by atoms with Crippen molar-refractivity contribution in [2.75, 3.05) is 19.7 Å². The van der Waals surface area contributed by atoms with Crippen molar-refractivity contribution in [3.05, 3.63) is 12.2 Å². The number of rotatable bonds is 6. The van der Waals surface area contributed by atoms with Gasteiger partial charge < -0.3 is 10.1 Å². The first-order chi connectivity index (χ1) is 8.35. The lowest BCUT2D eigenvalue weighted by atomic mass is 9.72. The van der Waals surface area contributed by atoms with Crippen molar-refractivity contribution in [2.45, 2.75) is 57.5 Å². The van der Waals surface area contributed by atoms with Gasteiger partial charge in [0.15, 0.2) is 0 Å². The summed E-state index contributed by atoms with van der Waals surface area (Å²) in [7, 11) is 0. The zero-order valence-electron chi connectivity index (χ0n) is 11.2. The summed E-state index contributed by atoms with van der Waals surface area (Å²) >= 11 is 0. The molecule has 0 bridgehead atoms. The van der Waals surface area contributed by atoms with E-state index in [1.165, 1.54) is 44.9 Å². The molecule has 2 fully saturated rings. The van der Waals surface area contributed by atoms with Gasteiger partial charge >= 0.3 is 0 Å². The minimum Gasteiger partial charge on any atom is -0.375 e. The molecule has 17 heavy (non-hydrogen) atoms. The maximum absolute atomic E-state index is 5.94. The predicted molar refractivity (Wildman–Crippen MR) is 72.2 cm³/mol. The van der Waals surface area contributed by atoms with Crippen LogP contribution in [0.1, 0.15) is 51.9 Å². The van der Waals surface area contributed by atoms with Crippen LogP contribution in [0.2, 0.25) is 0 Å². The van der Waals surface area contributed by atoms with Crippen LogP contribution in [-0.4, -0.2) is 25.3 Å². The van der Waals surface area contributed by atoms with Gasteiger partial charge in [-0.15, -0.1) is 0 Å². The van der Waals surface area contributed by atoms with Crippen molar-refractivity contribution < 1.29 is 4.74 Å². The molecule has 0 aromatic heterocycles. The Morgan fingerprint density at radius 1 is 1.35 bits per heavy atom. The van der Waals surface area contributed by atoms with Gasteiger partial charge in [-0.1, -0.05) is 19.1 Å². The molecule has 1 atom stereocenters. The molecule has 1 spiro atoms. The fraction of sp³-hybridized carbons (Fsp3) is 0.867. The van der Waals surface area contributed by atoms with E-state index in [1.54, 1.807) is 0 Å². The van der Waals surface area contributed by atoms with Crippen molar-refractivity contribution in [1.82, 2.24) is 5.32 Å². The standard InChI is InChI=1S/C15H27NO/c1-2-10-16-11-4-3-6-14-7-12-17-15(13-14)8-5-9-15/h3,6,14,16H,2,4-5,7-13H2,1H3. The quantitative estimate of drug-likeness (QED) is 0.565. The van der Waals surface area contributed by atoms with Crippen LogP contribution in [0.15, 0.2) is 12.2 Å². The van der Waals surface area contributed by atoms with Crippen LogP contribution in [0.4, 0.5) is 0 Å². The highest BCUT2D eigenvalue weighted by molar-refractivity contribution is 5.00. The molecule has 0 radical (unpaired) electrons. The maximum Gasteiger partial charge on any atom is 0.0688 e. The first-order valence-electron chi connectivity index (χ1n) is 7.36. The average molecular weight is 237 g/mol. The summed E-state index contributed by atoms with van der Waals surface area (Å²) in [5, 5.41) is 3.44. The first kappa shape index (κ1) is 13.1. The van der Waals surface area contributed by atoms with Gasteiger partial charge in [-0.2, -0.15) is 0 Å². The summed E-state index contributed by atoms with van der Waals surface area (Å²) in [5.74, 6) is 0.773. The third kappa shape index (κ3) is 3.82. The van der Waals surface area contributed by atoms with E-state index in [0.717, 1.165) is 25.6 Å². The van der Waals surface area contributed by atoms with Crippen LogP contribution in [-0.2, 0) is 4.74 Å². The summed E-state index contributed by atoms with van der Waals surface area (Å²) in [6.07, 6.45) is 13.7. The molecule has 2 rings (SSSR count). The van der Waals surface area contributed by atoms with E-state index >= 15 is 0 Å². The molecule has 1 aliphatic carbocycles. The van der Waals surface area contributed by atoms with Gasteiger partial charge in [0.2, 0.25) is 0 Å². The lowest BCUT2D eigenvalue weighted by molar-refractivity contribution is -0.137. The molecule has 98 valence electrons. The van der Waals surface area contributed by atoms with E-state index in [0.29, 0.717) is 5.60 Å². The molecular formula is C15H27NO. The maximum atomic E-state index is 5.94. The molecule has 1 N–H and O–H groups in total. The number of hydrogen-bond donors (Lipinski definition) is 1. The fourth-order valence-electron chi connectivity index (χ4n) is 2.93. The van der Waals surface area contributed by atoms with E-state index in [1.807, 2.05) is 0 Å². The van der Waals surface area contributed by atoms with Gasteiger partial charge in [0.25, 0.3) is 0 Å². The Kier molecular flexibility index (Phi) is 5.05. The van der Waals surface area contributed by atoms with Crippen LogP contribution in [0.3, 0.4) is 0 Å². The molecule has 0 amide bonds. The summed E-state index contributed by atoms with van der Waals surface area (Å²) in [5.41, 5.74) is 0.299. The summed E-state index contributed by atoms with van der Waals surface area (Å²) in [6.45, 7) is 5.46. The Labute approximate surface area is 106 Å². The van der Waals surface area contributed by atoms with Gasteiger partial charge in [-0.3, -0.25) is 0 Å². The second-order valence-electron chi connectivity index (χ2n) is 5.60. The Bertz CT molecular complexity index is 245. The normalized spacial score (nSPS) is 27.5. The third-order valence-corrected chi connectivity index (χ3v) is 4.12. The van der Waals surface area contributed by atoms with Crippen molar-refractivity contribution >= 4 is 0 Å². The topological polar surface area (TPSA) is 21.3 Å². The van der Waals surface area contributed by atoms with E-state index in [9.17, 15) is 0 Å². The minimum atomic E-state index is 0.299. The molecule has 2 aliphatic rings. The Hall–Kier alpha value is -0.340. The molecular weight excluding hydrogens is 210 g/mol. The smallest absolute Gasteiger partial charge is 0.0688 e. The number of ether oxygens (including phenoxy) is 1. The predicted octanol–water partition coefficient (Wildman–Crippen LogP) is 3.28. The van der Waals surface area contributed by atoms with Gasteiger partial charge in [-0.25, -0.2) is 0 Å². The molecule has 2 heteroatoms. The highest BCUT2D eigenvalue weighted by Gasteiger charge is 2.41. The van der Waals surface area contributed by atoms with Crippen molar-refractivity contribution in [1.29, 1.82) is 0 Å². The molecule has 0 aromatic carbocycles. The van der Waals surface area contributed by atoms with E-state index in [2.05, 4.69) is 24.4 Å². The highest BCUT2D eigenvalue weighted by Crippen LogP contribution is 2.44. The largest absolute Gasteiger partial charge is 0.375 e.